The zero-order chi connectivity index (χ0) is 14.3. The molecule has 4 heteroatoms. The van der Waals surface area contributed by atoms with Crippen molar-refractivity contribution in [2.24, 2.45) is 0 Å². The summed E-state index contributed by atoms with van der Waals surface area (Å²) in [4.78, 5) is 22.8. The molecule has 19 heavy (non-hydrogen) atoms. The topological polar surface area (TPSA) is 58.2 Å². The summed E-state index contributed by atoms with van der Waals surface area (Å²) >= 11 is 0. The van der Waals surface area contributed by atoms with Crippen LogP contribution in [0.1, 0.15) is 71.6 Å². The van der Waals surface area contributed by atoms with E-state index in [0.717, 1.165) is 32.2 Å². The molecule has 2 amide bonds. The van der Waals surface area contributed by atoms with E-state index in [-0.39, 0.29) is 11.8 Å². The number of rotatable bonds is 12. The third-order valence-corrected chi connectivity index (χ3v) is 3.03. The van der Waals surface area contributed by atoms with Gasteiger partial charge < -0.3 is 10.6 Å². The largest absolute Gasteiger partial charge is 0.356 e. The molecule has 0 bridgehead atoms. The molecule has 0 unspecified atom stereocenters. The highest BCUT2D eigenvalue weighted by atomic mass is 16.2. The molecule has 0 heterocycles. The summed E-state index contributed by atoms with van der Waals surface area (Å²) in [6.45, 7) is 5.46. The van der Waals surface area contributed by atoms with Gasteiger partial charge in [-0.2, -0.15) is 0 Å². The van der Waals surface area contributed by atoms with Crippen LogP contribution in [0.3, 0.4) is 0 Å². The molecule has 0 aromatic rings. The van der Waals surface area contributed by atoms with Crippen LogP contribution >= 0.6 is 0 Å². The Morgan fingerprint density at radius 3 is 1.95 bits per heavy atom. The quantitative estimate of drug-likeness (QED) is 0.536. The minimum Gasteiger partial charge on any atom is -0.356 e. The van der Waals surface area contributed by atoms with E-state index in [1.165, 1.54) is 19.3 Å². The van der Waals surface area contributed by atoms with Crippen LogP contribution in [-0.4, -0.2) is 24.9 Å². The van der Waals surface area contributed by atoms with Crippen molar-refractivity contribution in [3.8, 4) is 0 Å². The van der Waals surface area contributed by atoms with Crippen LogP contribution < -0.4 is 10.6 Å². The maximum atomic E-state index is 11.5. The van der Waals surface area contributed by atoms with E-state index in [1.54, 1.807) is 0 Å². The van der Waals surface area contributed by atoms with Crippen LogP contribution in [0.5, 0.6) is 0 Å². The molecular weight excluding hydrogens is 240 g/mol. The zero-order valence-electron chi connectivity index (χ0n) is 12.6. The van der Waals surface area contributed by atoms with E-state index < -0.39 is 0 Å². The smallest absolute Gasteiger partial charge is 0.221 e. The Hall–Kier alpha value is -1.06. The van der Waals surface area contributed by atoms with Crippen LogP contribution in [0.4, 0.5) is 0 Å². The number of carbonyl (C=O) groups excluding carboxylic acids is 2. The molecule has 0 fully saturated rings. The van der Waals surface area contributed by atoms with E-state index in [1.807, 2.05) is 0 Å². The van der Waals surface area contributed by atoms with Crippen molar-refractivity contribution < 1.29 is 9.59 Å². The van der Waals surface area contributed by atoms with Crippen LogP contribution in [0.25, 0.3) is 0 Å². The number of nitrogens with one attached hydrogen (secondary N) is 2. The third-order valence-electron chi connectivity index (χ3n) is 3.03. The van der Waals surface area contributed by atoms with E-state index in [9.17, 15) is 9.59 Å². The van der Waals surface area contributed by atoms with Gasteiger partial charge in [-0.05, 0) is 12.8 Å². The third kappa shape index (κ3) is 13.2. The number of hydrogen-bond donors (Lipinski definition) is 2. The molecule has 0 spiro atoms. The Kier molecular flexibility index (Phi) is 12.6. The van der Waals surface area contributed by atoms with Crippen molar-refractivity contribution in [1.29, 1.82) is 0 Å². The fourth-order valence-electron chi connectivity index (χ4n) is 1.79. The molecule has 0 radical (unpaired) electrons. The highest BCUT2D eigenvalue weighted by molar-refractivity contribution is 5.78. The number of hydrogen-bond acceptors (Lipinski definition) is 2. The molecule has 0 aliphatic rings. The van der Waals surface area contributed by atoms with Crippen molar-refractivity contribution in [1.82, 2.24) is 10.6 Å². The van der Waals surface area contributed by atoms with Crippen LogP contribution in [-0.2, 0) is 9.59 Å². The lowest BCUT2D eigenvalue weighted by molar-refractivity contribution is -0.122. The summed E-state index contributed by atoms with van der Waals surface area (Å²) in [5, 5.41) is 5.63. The van der Waals surface area contributed by atoms with Crippen LogP contribution in [0.2, 0.25) is 0 Å². The minimum absolute atomic E-state index is 0.0247. The molecule has 0 aliphatic carbocycles. The second-order valence-corrected chi connectivity index (χ2v) is 4.97. The molecule has 0 atom stereocenters. The zero-order valence-corrected chi connectivity index (χ0v) is 12.6. The monoisotopic (exact) mass is 270 g/mol. The van der Waals surface area contributed by atoms with Crippen LogP contribution in [0.15, 0.2) is 0 Å². The van der Waals surface area contributed by atoms with Gasteiger partial charge >= 0.3 is 0 Å². The van der Waals surface area contributed by atoms with Gasteiger partial charge in [0.05, 0.1) is 0 Å². The standard InChI is InChI=1S/C15H30N2O2/c1-3-5-7-8-9-10-14(18)17-13-11-15(19)16-12-6-4-2/h3-13H2,1-2H3,(H,16,19)(H,17,18). The molecule has 0 aliphatic heterocycles. The summed E-state index contributed by atoms with van der Waals surface area (Å²) in [5.41, 5.74) is 0. The molecule has 4 nitrogen and oxygen atoms in total. The van der Waals surface area contributed by atoms with Crippen molar-refractivity contribution in [2.75, 3.05) is 13.1 Å². The van der Waals surface area contributed by atoms with Gasteiger partial charge in [0, 0.05) is 25.9 Å². The first-order valence-corrected chi connectivity index (χ1v) is 7.74. The van der Waals surface area contributed by atoms with Gasteiger partial charge in [-0.15, -0.1) is 0 Å². The second kappa shape index (κ2) is 13.4. The molecule has 0 saturated carbocycles. The Balaban J connectivity index is 3.34. The second-order valence-electron chi connectivity index (χ2n) is 4.97. The molecule has 0 aromatic carbocycles. The lowest BCUT2D eigenvalue weighted by Gasteiger charge is -2.06. The van der Waals surface area contributed by atoms with Crippen molar-refractivity contribution in [3.05, 3.63) is 0 Å². The summed E-state index contributed by atoms with van der Waals surface area (Å²) in [6, 6.07) is 0. The van der Waals surface area contributed by atoms with E-state index in [4.69, 9.17) is 0 Å². The maximum Gasteiger partial charge on any atom is 0.221 e. The SMILES string of the molecule is CCCCCCCC(=O)NCCC(=O)NCCCC. The molecule has 0 rings (SSSR count). The molecular formula is C15H30N2O2. The number of amides is 2. The van der Waals surface area contributed by atoms with E-state index in [0.29, 0.717) is 19.4 Å². The average molecular weight is 270 g/mol. The first-order chi connectivity index (χ1) is 9.20. The van der Waals surface area contributed by atoms with Crippen molar-refractivity contribution in [3.63, 3.8) is 0 Å². The van der Waals surface area contributed by atoms with Crippen LogP contribution in [0, 0.1) is 0 Å². The number of carbonyl (C=O) groups is 2. The van der Waals surface area contributed by atoms with E-state index in [2.05, 4.69) is 24.5 Å². The Morgan fingerprint density at radius 1 is 0.684 bits per heavy atom. The summed E-state index contributed by atoms with van der Waals surface area (Å²) in [7, 11) is 0. The van der Waals surface area contributed by atoms with Crippen molar-refractivity contribution in [2.45, 2.75) is 71.6 Å². The van der Waals surface area contributed by atoms with Gasteiger partial charge in [-0.25, -0.2) is 0 Å². The lowest BCUT2D eigenvalue weighted by atomic mass is 10.1. The van der Waals surface area contributed by atoms with E-state index >= 15 is 0 Å². The van der Waals surface area contributed by atoms with Gasteiger partial charge in [0.15, 0.2) is 0 Å². The van der Waals surface area contributed by atoms with Gasteiger partial charge in [0.25, 0.3) is 0 Å². The highest BCUT2D eigenvalue weighted by Crippen LogP contribution is 2.04. The van der Waals surface area contributed by atoms with Gasteiger partial charge in [0.2, 0.25) is 11.8 Å². The maximum absolute atomic E-state index is 11.5. The highest BCUT2D eigenvalue weighted by Gasteiger charge is 2.03. The normalized spacial score (nSPS) is 10.2. The van der Waals surface area contributed by atoms with Gasteiger partial charge in [-0.1, -0.05) is 46.0 Å². The summed E-state index contributed by atoms with van der Waals surface area (Å²) < 4.78 is 0. The van der Waals surface area contributed by atoms with Crippen molar-refractivity contribution >= 4 is 11.8 Å². The predicted molar refractivity (Wildman–Crippen MR) is 78.9 cm³/mol. The Bertz CT molecular complexity index is 242. The molecule has 0 aromatic heterocycles. The first kappa shape index (κ1) is 17.9. The number of unbranched alkanes of at least 4 members (excludes halogenated alkanes) is 5. The molecule has 2 N–H and O–H groups in total. The predicted octanol–water partition coefficient (Wildman–Crippen LogP) is 2.77. The lowest BCUT2D eigenvalue weighted by Crippen LogP contribution is -2.31. The summed E-state index contributed by atoms with van der Waals surface area (Å²) in [5.74, 6) is 0.0922. The fourth-order valence-corrected chi connectivity index (χ4v) is 1.79. The Morgan fingerprint density at radius 2 is 1.26 bits per heavy atom. The summed E-state index contributed by atoms with van der Waals surface area (Å²) in [6.07, 6.45) is 8.81. The average Bonchev–Trinajstić information content (AvgIpc) is 2.39. The van der Waals surface area contributed by atoms with Gasteiger partial charge in [0.1, 0.15) is 0 Å². The molecule has 112 valence electrons. The fraction of sp³-hybridized carbons (Fsp3) is 0.867. The first-order valence-electron chi connectivity index (χ1n) is 7.74. The minimum atomic E-state index is 0.0247. The molecule has 0 saturated heterocycles. The Labute approximate surface area is 117 Å². The van der Waals surface area contributed by atoms with Gasteiger partial charge in [-0.3, -0.25) is 9.59 Å².